The maximum Gasteiger partial charge on any atom is 0.227 e. The lowest BCUT2D eigenvalue weighted by Gasteiger charge is -2.24. The molecule has 1 saturated carbocycles. The monoisotopic (exact) mass is 258 g/mol. The van der Waals surface area contributed by atoms with Crippen LogP contribution in [0.2, 0.25) is 0 Å². The second-order valence-corrected chi connectivity index (χ2v) is 5.43. The Balaban J connectivity index is 1.56. The van der Waals surface area contributed by atoms with Crippen LogP contribution in [0, 0.1) is 5.92 Å². The summed E-state index contributed by atoms with van der Waals surface area (Å²) in [6, 6.07) is 8.25. The van der Waals surface area contributed by atoms with Crippen LogP contribution in [0.25, 0.3) is 0 Å². The zero-order valence-corrected chi connectivity index (χ0v) is 10.8. The average molecular weight is 258 g/mol. The highest BCUT2D eigenvalue weighted by Gasteiger charge is 2.27. The first-order valence-electron chi connectivity index (χ1n) is 6.90. The van der Waals surface area contributed by atoms with Gasteiger partial charge in [-0.15, -0.1) is 0 Å². The lowest BCUT2D eigenvalue weighted by molar-refractivity contribution is -0.122. The smallest absolute Gasteiger partial charge is 0.227 e. The molecule has 0 spiro atoms. The average Bonchev–Trinajstić information content (AvgIpc) is 3.20. The Morgan fingerprint density at radius 1 is 1.32 bits per heavy atom. The van der Waals surface area contributed by atoms with Crippen molar-refractivity contribution >= 4 is 17.5 Å². The SMILES string of the molecule is O=C(CC[C@@H]1Cc2ccccc2NC1=O)NC1CC1. The van der Waals surface area contributed by atoms with Gasteiger partial charge in [0, 0.05) is 24.1 Å². The molecule has 1 heterocycles. The minimum absolute atomic E-state index is 0.0397. The molecule has 4 nitrogen and oxygen atoms in total. The molecule has 1 aromatic rings. The number of para-hydroxylation sites is 1. The van der Waals surface area contributed by atoms with Crippen molar-refractivity contribution < 1.29 is 9.59 Å². The third-order valence-corrected chi connectivity index (χ3v) is 3.77. The fourth-order valence-corrected chi connectivity index (χ4v) is 2.48. The molecule has 2 amide bonds. The van der Waals surface area contributed by atoms with Crippen molar-refractivity contribution in [2.75, 3.05) is 5.32 Å². The number of carbonyl (C=O) groups is 2. The van der Waals surface area contributed by atoms with E-state index in [4.69, 9.17) is 0 Å². The van der Waals surface area contributed by atoms with Crippen molar-refractivity contribution in [3.05, 3.63) is 29.8 Å². The summed E-state index contributed by atoms with van der Waals surface area (Å²) in [6.45, 7) is 0. The maximum absolute atomic E-state index is 12.0. The molecule has 0 saturated heterocycles. The van der Waals surface area contributed by atoms with Crippen LogP contribution in [0.1, 0.15) is 31.2 Å². The number of benzene rings is 1. The van der Waals surface area contributed by atoms with Gasteiger partial charge in [-0.25, -0.2) is 0 Å². The lowest BCUT2D eigenvalue weighted by Crippen LogP contribution is -2.32. The van der Waals surface area contributed by atoms with Gasteiger partial charge >= 0.3 is 0 Å². The Morgan fingerprint density at radius 2 is 2.11 bits per heavy atom. The van der Waals surface area contributed by atoms with Crippen LogP contribution in [-0.2, 0) is 16.0 Å². The number of nitrogens with one attached hydrogen (secondary N) is 2. The molecule has 0 unspecified atom stereocenters. The molecule has 1 aromatic carbocycles. The largest absolute Gasteiger partial charge is 0.353 e. The van der Waals surface area contributed by atoms with Crippen LogP contribution < -0.4 is 10.6 Å². The highest BCUT2D eigenvalue weighted by molar-refractivity contribution is 5.96. The number of fused-ring (bicyclic) bond motifs is 1. The van der Waals surface area contributed by atoms with E-state index in [1.165, 1.54) is 0 Å². The topological polar surface area (TPSA) is 58.2 Å². The Hall–Kier alpha value is -1.84. The first kappa shape index (κ1) is 12.2. The first-order chi connectivity index (χ1) is 9.22. The summed E-state index contributed by atoms with van der Waals surface area (Å²) in [4.78, 5) is 23.6. The molecule has 0 bridgehead atoms. The highest BCUT2D eigenvalue weighted by Crippen LogP contribution is 2.27. The van der Waals surface area contributed by atoms with Crippen LogP contribution in [0.3, 0.4) is 0 Å². The van der Waals surface area contributed by atoms with Gasteiger partial charge in [0.15, 0.2) is 0 Å². The molecule has 19 heavy (non-hydrogen) atoms. The van der Waals surface area contributed by atoms with Crippen LogP contribution in [0.5, 0.6) is 0 Å². The van der Waals surface area contributed by atoms with Crippen molar-refractivity contribution in [2.45, 2.75) is 38.1 Å². The van der Waals surface area contributed by atoms with Gasteiger partial charge in [-0.1, -0.05) is 18.2 Å². The quantitative estimate of drug-likeness (QED) is 0.866. The van der Waals surface area contributed by atoms with E-state index < -0.39 is 0 Å². The fraction of sp³-hybridized carbons (Fsp3) is 0.467. The second kappa shape index (κ2) is 5.03. The van der Waals surface area contributed by atoms with Crippen molar-refractivity contribution in [1.29, 1.82) is 0 Å². The summed E-state index contributed by atoms with van der Waals surface area (Å²) in [7, 11) is 0. The third-order valence-electron chi connectivity index (χ3n) is 3.77. The standard InChI is InChI=1S/C15H18N2O2/c18-14(16-12-6-7-12)8-5-11-9-10-3-1-2-4-13(10)17-15(11)19/h1-4,11-12H,5-9H2,(H,16,18)(H,17,19)/t11-/m1/s1. The van der Waals surface area contributed by atoms with E-state index in [-0.39, 0.29) is 17.7 Å². The summed E-state index contributed by atoms with van der Waals surface area (Å²) in [5.74, 6) is 0.0342. The van der Waals surface area contributed by atoms with Crippen molar-refractivity contribution in [3.8, 4) is 0 Å². The highest BCUT2D eigenvalue weighted by atomic mass is 16.2. The zero-order valence-electron chi connectivity index (χ0n) is 10.8. The number of hydrogen-bond donors (Lipinski definition) is 2. The van der Waals surface area contributed by atoms with Crippen LogP contribution in [-0.4, -0.2) is 17.9 Å². The molecule has 0 radical (unpaired) electrons. The van der Waals surface area contributed by atoms with E-state index in [0.29, 0.717) is 18.9 Å². The number of hydrogen-bond acceptors (Lipinski definition) is 2. The molecule has 1 aliphatic heterocycles. The molecule has 1 atom stereocenters. The van der Waals surface area contributed by atoms with Gasteiger partial charge in [0.2, 0.25) is 11.8 Å². The Bertz CT molecular complexity index is 509. The van der Waals surface area contributed by atoms with E-state index in [0.717, 1.165) is 30.5 Å². The van der Waals surface area contributed by atoms with Gasteiger partial charge in [-0.2, -0.15) is 0 Å². The molecule has 0 aromatic heterocycles. The number of carbonyl (C=O) groups excluding carboxylic acids is 2. The van der Waals surface area contributed by atoms with Crippen LogP contribution >= 0.6 is 0 Å². The van der Waals surface area contributed by atoms with E-state index in [1.807, 2.05) is 24.3 Å². The van der Waals surface area contributed by atoms with E-state index >= 15 is 0 Å². The van der Waals surface area contributed by atoms with Gasteiger partial charge in [0.25, 0.3) is 0 Å². The molecule has 3 rings (SSSR count). The van der Waals surface area contributed by atoms with Crippen molar-refractivity contribution in [1.82, 2.24) is 5.32 Å². The van der Waals surface area contributed by atoms with E-state index in [2.05, 4.69) is 10.6 Å². The zero-order chi connectivity index (χ0) is 13.2. The van der Waals surface area contributed by atoms with Crippen molar-refractivity contribution in [3.63, 3.8) is 0 Å². The van der Waals surface area contributed by atoms with E-state index in [9.17, 15) is 9.59 Å². The molecular formula is C15H18N2O2. The minimum Gasteiger partial charge on any atom is -0.353 e. The fourth-order valence-electron chi connectivity index (χ4n) is 2.48. The normalized spacial score (nSPS) is 21.5. The van der Waals surface area contributed by atoms with Gasteiger partial charge in [-0.3, -0.25) is 9.59 Å². The van der Waals surface area contributed by atoms with Crippen LogP contribution in [0.4, 0.5) is 5.69 Å². The number of anilines is 1. The number of amides is 2. The Kier molecular flexibility index (Phi) is 3.23. The predicted octanol–water partition coefficient (Wildman–Crippen LogP) is 1.86. The predicted molar refractivity (Wildman–Crippen MR) is 72.7 cm³/mol. The minimum atomic E-state index is -0.0835. The second-order valence-electron chi connectivity index (χ2n) is 5.43. The molecule has 4 heteroatoms. The Morgan fingerprint density at radius 3 is 2.89 bits per heavy atom. The van der Waals surface area contributed by atoms with E-state index in [1.54, 1.807) is 0 Å². The Labute approximate surface area is 112 Å². The lowest BCUT2D eigenvalue weighted by atomic mass is 9.89. The maximum atomic E-state index is 12.0. The van der Waals surface area contributed by atoms with Gasteiger partial charge in [0.1, 0.15) is 0 Å². The number of rotatable bonds is 4. The summed E-state index contributed by atoms with van der Waals surface area (Å²) in [6.07, 6.45) is 4.00. The van der Waals surface area contributed by atoms with Crippen molar-refractivity contribution in [2.24, 2.45) is 5.92 Å². The molecular weight excluding hydrogens is 240 g/mol. The third kappa shape index (κ3) is 2.95. The summed E-state index contributed by atoms with van der Waals surface area (Å²) in [5.41, 5.74) is 2.07. The summed E-state index contributed by atoms with van der Waals surface area (Å²) < 4.78 is 0. The summed E-state index contributed by atoms with van der Waals surface area (Å²) in [5, 5.41) is 5.87. The van der Waals surface area contributed by atoms with Gasteiger partial charge < -0.3 is 10.6 Å². The van der Waals surface area contributed by atoms with Gasteiger partial charge in [0.05, 0.1) is 0 Å². The molecule has 100 valence electrons. The first-order valence-corrected chi connectivity index (χ1v) is 6.90. The van der Waals surface area contributed by atoms with Gasteiger partial charge in [-0.05, 0) is 37.3 Å². The molecule has 2 N–H and O–H groups in total. The van der Waals surface area contributed by atoms with Crippen LogP contribution in [0.15, 0.2) is 24.3 Å². The molecule has 1 aliphatic carbocycles. The summed E-state index contributed by atoms with van der Waals surface area (Å²) >= 11 is 0. The molecule has 2 aliphatic rings. The molecule has 1 fully saturated rings.